The fourth-order valence-electron chi connectivity index (χ4n) is 1.35. The van der Waals surface area contributed by atoms with Gasteiger partial charge in [0.15, 0.2) is 0 Å². The monoisotopic (exact) mass is 244 g/mol. The number of carbonyl (C=O) groups excluding carboxylic acids is 1. The van der Waals surface area contributed by atoms with Gasteiger partial charge in [0.05, 0.1) is 0 Å². The molecule has 0 saturated heterocycles. The Hall–Kier alpha value is -1.87. The summed E-state index contributed by atoms with van der Waals surface area (Å²) in [7, 11) is 0. The number of ether oxygens (including phenoxy) is 1. The molecule has 0 spiro atoms. The van der Waals surface area contributed by atoms with Crippen LogP contribution in [-0.2, 0) is 4.79 Å². The van der Waals surface area contributed by atoms with Crippen LogP contribution in [0.25, 0.3) is 6.08 Å². The lowest BCUT2D eigenvalue weighted by Gasteiger charge is -2.03. The van der Waals surface area contributed by atoms with Gasteiger partial charge in [0.1, 0.15) is 5.75 Å². The third-order valence-electron chi connectivity index (χ3n) is 2.23. The van der Waals surface area contributed by atoms with Gasteiger partial charge >= 0.3 is 5.97 Å². The van der Waals surface area contributed by atoms with Crippen molar-refractivity contribution in [2.24, 2.45) is 0 Å². The molecule has 17 heavy (non-hydrogen) atoms. The summed E-state index contributed by atoms with van der Waals surface area (Å²) in [6.07, 6.45) is 3.20. The highest BCUT2D eigenvalue weighted by molar-refractivity contribution is 7.10. The minimum atomic E-state index is -0.354. The van der Waals surface area contributed by atoms with E-state index in [-0.39, 0.29) is 5.97 Å². The first-order chi connectivity index (χ1) is 8.25. The summed E-state index contributed by atoms with van der Waals surface area (Å²) in [5.74, 6) is 0.251. The standard InChI is InChI=1S/C14H12O2S/c1-11-5-2-3-7-13(11)16-14(15)9-8-12-6-4-10-17-12/h2-10H,1H3/b9-8+. The molecule has 1 heterocycles. The maximum absolute atomic E-state index is 11.6. The van der Waals surface area contributed by atoms with Gasteiger partial charge in [-0.15, -0.1) is 11.3 Å². The van der Waals surface area contributed by atoms with Crippen molar-refractivity contribution < 1.29 is 9.53 Å². The molecular weight excluding hydrogens is 232 g/mol. The maximum Gasteiger partial charge on any atom is 0.336 e. The van der Waals surface area contributed by atoms with Crippen molar-refractivity contribution in [3.05, 3.63) is 58.3 Å². The lowest BCUT2D eigenvalue weighted by molar-refractivity contribution is -0.128. The van der Waals surface area contributed by atoms with Gasteiger partial charge in [0.25, 0.3) is 0 Å². The van der Waals surface area contributed by atoms with Crippen LogP contribution in [0.4, 0.5) is 0 Å². The molecule has 0 atom stereocenters. The van der Waals surface area contributed by atoms with Gasteiger partial charge in [-0.3, -0.25) is 0 Å². The SMILES string of the molecule is Cc1ccccc1OC(=O)/C=C/c1cccs1. The van der Waals surface area contributed by atoms with E-state index in [4.69, 9.17) is 4.74 Å². The molecule has 2 nitrogen and oxygen atoms in total. The molecule has 1 aromatic heterocycles. The Morgan fingerprint density at radius 3 is 2.76 bits per heavy atom. The van der Waals surface area contributed by atoms with Gasteiger partial charge < -0.3 is 4.74 Å². The highest BCUT2D eigenvalue weighted by atomic mass is 32.1. The third kappa shape index (κ3) is 3.29. The van der Waals surface area contributed by atoms with Crippen molar-refractivity contribution >= 4 is 23.4 Å². The van der Waals surface area contributed by atoms with E-state index in [1.165, 1.54) is 6.08 Å². The zero-order chi connectivity index (χ0) is 12.1. The summed E-state index contributed by atoms with van der Waals surface area (Å²) in [5.41, 5.74) is 0.949. The van der Waals surface area contributed by atoms with E-state index in [1.54, 1.807) is 23.5 Å². The quantitative estimate of drug-likeness (QED) is 0.468. The highest BCUT2D eigenvalue weighted by Gasteiger charge is 2.02. The predicted molar refractivity (Wildman–Crippen MR) is 70.2 cm³/mol. The van der Waals surface area contributed by atoms with Gasteiger partial charge in [0, 0.05) is 11.0 Å². The van der Waals surface area contributed by atoms with E-state index in [0.29, 0.717) is 5.75 Å². The Labute approximate surface area is 104 Å². The van der Waals surface area contributed by atoms with E-state index in [9.17, 15) is 4.79 Å². The number of carbonyl (C=O) groups is 1. The van der Waals surface area contributed by atoms with Crippen LogP contribution in [0.2, 0.25) is 0 Å². The fraction of sp³-hybridized carbons (Fsp3) is 0.0714. The Kier molecular flexibility index (Phi) is 3.73. The topological polar surface area (TPSA) is 26.3 Å². The predicted octanol–water partition coefficient (Wildman–Crippen LogP) is 3.68. The average Bonchev–Trinajstić information content (AvgIpc) is 2.82. The number of para-hydroxylation sites is 1. The molecule has 0 aliphatic heterocycles. The van der Waals surface area contributed by atoms with Crippen LogP contribution in [0.5, 0.6) is 5.75 Å². The molecule has 2 rings (SSSR count). The Bertz CT molecular complexity index is 527. The summed E-state index contributed by atoms with van der Waals surface area (Å²) in [6, 6.07) is 11.3. The van der Waals surface area contributed by atoms with Gasteiger partial charge in [-0.25, -0.2) is 4.79 Å². The van der Waals surface area contributed by atoms with Crippen LogP contribution in [0.15, 0.2) is 47.9 Å². The van der Waals surface area contributed by atoms with E-state index >= 15 is 0 Å². The average molecular weight is 244 g/mol. The first kappa shape index (κ1) is 11.6. The molecule has 0 radical (unpaired) electrons. The first-order valence-electron chi connectivity index (χ1n) is 5.25. The second kappa shape index (κ2) is 5.46. The van der Waals surface area contributed by atoms with Crippen molar-refractivity contribution in [1.29, 1.82) is 0 Å². The number of thiophene rings is 1. The highest BCUT2D eigenvalue weighted by Crippen LogP contribution is 2.17. The maximum atomic E-state index is 11.6. The molecule has 0 N–H and O–H groups in total. The van der Waals surface area contributed by atoms with Crippen molar-refractivity contribution in [1.82, 2.24) is 0 Å². The molecule has 3 heteroatoms. The second-order valence-corrected chi connectivity index (χ2v) is 4.51. The van der Waals surface area contributed by atoms with Crippen LogP contribution < -0.4 is 4.74 Å². The van der Waals surface area contributed by atoms with Gasteiger partial charge in [-0.1, -0.05) is 24.3 Å². The molecule has 0 saturated carbocycles. The van der Waals surface area contributed by atoms with Crippen molar-refractivity contribution in [3.63, 3.8) is 0 Å². The van der Waals surface area contributed by atoms with Gasteiger partial charge in [0.2, 0.25) is 0 Å². The largest absolute Gasteiger partial charge is 0.423 e. The number of hydrogen-bond donors (Lipinski definition) is 0. The first-order valence-corrected chi connectivity index (χ1v) is 6.13. The summed E-state index contributed by atoms with van der Waals surface area (Å²) < 4.78 is 5.22. The van der Waals surface area contributed by atoms with E-state index in [1.807, 2.05) is 42.6 Å². The van der Waals surface area contributed by atoms with Crippen LogP contribution in [0.3, 0.4) is 0 Å². The Balaban J connectivity index is 2.01. The zero-order valence-corrected chi connectivity index (χ0v) is 10.2. The van der Waals surface area contributed by atoms with Crippen molar-refractivity contribution in [2.45, 2.75) is 6.92 Å². The summed E-state index contributed by atoms with van der Waals surface area (Å²) in [4.78, 5) is 12.6. The molecule has 0 amide bonds. The molecule has 0 unspecified atom stereocenters. The van der Waals surface area contributed by atoms with E-state index in [2.05, 4.69) is 0 Å². The van der Waals surface area contributed by atoms with Crippen LogP contribution in [-0.4, -0.2) is 5.97 Å². The fourth-order valence-corrected chi connectivity index (χ4v) is 1.97. The van der Waals surface area contributed by atoms with E-state index < -0.39 is 0 Å². The third-order valence-corrected chi connectivity index (χ3v) is 3.07. The van der Waals surface area contributed by atoms with E-state index in [0.717, 1.165) is 10.4 Å². The van der Waals surface area contributed by atoms with Gasteiger partial charge in [-0.2, -0.15) is 0 Å². The number of benzene rings is 1. The molecular formula is C14H12O2S. The lowest BCUT2D eigenvalue weighted by atomic mass is 10.2. The summed E-state index contributed by atoms with van der Waals surface area (Å²) >= 11 is 1.58. The molecule has 0 aliphatic rings. The van der Waals surface area contributed by atoms with Crippen LogP contribution in [0, 0.1) is 6.92 Å². The molecule has 0 aliphatic carbocycles. The minimum Gasteiger partial charge on any atom is -0.423 e. The Morgan fingerprint density at radius 2 is 2.06 bits per heavy atom. The zero-order valence-electron chi connectivity index (χ0n) is 9.42. The molecule has 1 aromatic carbocycles. The minimum absolute atomic E-state index is 0.354. The van der Waals surface area contributed by atoms with Crippen molar-refractivity contribution in [2.75, 3.05) is 0 Å². The second-order valence-electron chi connectivity index (χ2n) is 3.54. The smallest absolute Gasteiger partial charge is 0.336 e. The van der Waals surface area contributed by atoms with Crippen LogP contribution in [0.1, 0.15) is 10.4 Å². The summed E-state index contributed by atoms with van der Waals surface area (Å²) in [5, 5.41) is 1.96. The molecule has 0 bridgehead atoms. The lowest BCUT2D eigenvalue weighted by Crippen LogP contribution is -2.04. The molecule has 0 fully saturated rings. The normalized spacial score (nSPS) is 10.6. The number of aryl methyl sites for hydroxylation is 1. The molecule has 86 valence electrons. The van der Waals surface area contributed by atoms with Crippen molar-refractivity contribution in [3.8, 4) is 5.75 Å². The summed E-state index contributed by atoms with van der Waals surface area (Å²) in [6.45, 7) is 1.91. The van der Waals surface area contributed by atoms with Gasteiger partial charge in [-0.05, 0) is 36.1 Å². The van der Waals surface area contributed by atoms with Crippen LogP contribution >= 0.6 is 11.3 Å². The number of esters is 1. The number of hydrogen-bond acceptors (Lipinski definition) is 3. The number of rotatable bonds is 3. The molecule has 2 aromatic rings. The Morgan fingerprint density at radius 1 is 1.24 bits per heavy atom.